The Labute approximate surface area is 181 Å². The topological polar surface area (TPSA) is 86.5 Å². The van der Waals surface area contributed by atoms with Crippen LogP contribution in [0, 0.1) is 12.7 Å². The van der Waals surface area contributed by atoms with Crippen molar-refractivity contribution in [1.29, 1.82) is 0 Å². The molecule has 3 rings (SSSR count). The average Bonchev–Trinajstić information content (AvgIpc) is 2.72. The van der Waals surface area contributed by atoms with E-state index in [0.717, 1.165) is 17.7 Å². The van der Waals surface area contributed by atoms with Crippen LogP contribution >= 0.6 is 0 Å². The summed E-state index contributed by atoms with van der Waals surface area (Å²) in [7, 11) is 1.52. The second kappa shape index (κ2) is 9.23. The number of ether oxygens (including phenoxy) is 2. The van der Waals surface area contributed by atoms with Gasteiger partial charge >= 0.3 is 6.18 Å². The summed E-state index contributed by atoms with van der Waals surface area (Å²) >= 11 is 0. The van der Waals surface area contributed by atoms with Gasteiger partial charge in [-0.1, -0.05) is 6.07 Å². The van der Waals surface area contributed by atoms with Crippen molar-refractivity contribution >= 4 is 17.4 Å². The van der Waals surface area contributed by atoms with Gasteiger partial charge in [0.15, 0.2) is 11.6 Å². The fourth-order valence-electron chi connectivity index (χ4n) is 2.87. The maximum Gasteiger partial charge on any atom is 0.419 e. The van der Waals surface area contributed by atoms with Crippen molar-refractivity contribution in [1.82, 2.24) is 4.98 Å². The molecule has 0 fully saturated rings. The molecule has 0 unspecified atom stereocenters. The largest absolute Gasteiger partial charge is 0.454 e. The Hall–Kier alpha value is -3.66. The number of methoxy groups -OCH3 is 1. The first-order chi connectivity index (χ1) is 15.1. The Morgan fingerprint density at radius 2 is 1.84 bits per heavy atom. The zero-order valence-electron chi connectivity index (χ0n) is 17.1. The smallest absolute Gasteiger partial charge is 0.419 e. The van der Waals surface area contributed by atoms with Crippen LogP contribution in [0.3, 0.4) is 0 Å². The number of halogens is 4. The van der Waals surface area contributed by atoms with Gasteiger partial charge in [0.25, 0.3) is 5.91 Å². The monoisotopic (exact) mass is 449 g/mol. The van der Waals surface area contributed by atoms with Crippen LogP contribution < -0.4 is 15.8 Å². The molecule has 0 bridgehead atoms. The molecule has 6 nitrogen and oxygen atoms in total. The molecule has 3 aromatic rings. The van der Waals surface area contributed by atoms with E-state index in [4.69, 9.17) is 15.2 Å². The fourth-order valence-corrected chi connectivity index (χ4v) is 2.87. The van der Waals surface area contributed by atoms with Gasteiger partial charge < -0.3 is 20.5 Å². The lowest BCUT2D eigenvalue weighted by atomic mass is 10.1. The van der Waals surface area contributed by atoms with Crippen molar-refractivity contribution in [3.05, 3.63) is 76.7 Å². The van der Waals surface area contributed by atoms with E-state index in [1.54, 1.807) is 13.0 Å². The first kappa shape index (κ1) is 23.0. The average molecular weight is 449 g/mol. The summed E-state index contributed by atoms with van der Waals surface area (Å²) in [5.41, 5.74) is 6.35. The third-order valence-electron chi connectivity index (χ3n) is 4.48. The van der Waals surface area contributed by atoms with Crippen LogP contribution in [0.5, 0.6) is 11.5 Å². The van der Waals surface area contributed by atoms with Crippen LogP contribution in [-0.2, 0) is 17.5 Å². The number of hydrogen-bond acceptors (Lipinski definition) is 5. The van der Waals surface area contributed by atoms with Gasteiger partial charge in [0, 0.05) is 12.8 Å². The molecule has 0 aliphatic rings. The van der Waals surface area contributed by atoms with Crippen LogP contribution in [0.25, 0.3) is 0 Å². The van der Waals surface area contributed by atoms with Crippen molar-refractivity contribution in [2.75, 3.05) is 18.2 Å². The minimum Gasteiger partial charge on any atom is -0.454 e. The third kappa shape index (κ3) is 5.14. The van der Waals surface area contributed by atoms with Gasteiger partial charge in [-0.15, -0.1) is 0 Å². The van der Waals surface area contributed by atoms with Gasteiger partial charge in [0.1, 0.15) is 11.6 Å². The number of rotatable bonds is 6. The molecule has 0 aliphatic carbocycles. The van der Waals surface area contributed by atoms with Crippen molar-refractivity contribution in [2.45, 2.75) is 19.7 Å². The van der Waals surface area contributed by atoms with Crippen LogP contribution in [0.4, 0.5) is 29.1 Å². The number of nitrogens with one attached hydrogen (secondary N) is 1. The number of carbonyl (C=O) groups excluding carboxylic acids is 1. The number of alkyl halides is 3. The molecule has 1 amide bonds. The highest BCUT2D eigenvalue weighted by Crippen LogP contribution is 2.36. The van der Waals surface area contributed by atoms with E-state index in [-0.39, 0.29) is 23.7 Å². The van der Waals surface area contributed by atoms with Crippen LogP contribution in [0.1, 0.15) is 27.2 Å². The number of nitrogens with zero attached hydrogens (tertiary/aromatic N) is 1. The second-order valence-corrected chi connectivity index (χ2v) is 6.81. The number of anilines is 2. The second-order valence-electron chi connectivity index (χ2n) is 6.81. The highest BCUT2D eigenvalue weighted by molar-refractivity contribution is 6.07. The minimum absolute atomic E-state index is 0.0418. The zero-order chi connectivity index (χ0) is 23.5. The van der Waals surface area contributed by atoms with E-state index < -0.39 is 29.2 Å². The van der Waals surface area contributed by atoms with Gasteiger partial charge in [0.2, 0.25) is 0 Å². The summed E-state index contributed by atoms with van der Waals surface area (Å²) in [4.78, 5) is 16.7. The number of benzene rings is 2. The standard InChI is InChI=1S/C22H19F4N3O3/c1-12-10-15(20(27)29-17(12)11-31-2)21(30)28-13-6-8-14(9-7-13)32-18-5-3-4-16(19(18)23)22(24,25)26/h3-10H,11H2,1-2H3,(H2,27,29)(H,28,30). The molecule has 32 heavy (non-hydrogen) atoms. The molecular formula is C22H19F4N3O3. The molecule has 2 aromatic carbocycles. The summed E-state index contributed by atoms with van der Waals surface area (Å²) in [6, 6.07) is 10.0. The summed E-state index contributed by atoms with van der Waals surface area (Å²) < 4.78 is 62.9. The lowest BCUT2D eigenvalue weighted by molar-refractivity contribution is -0.140. The zero-order valence-corrected chi connectivity index (χ0v) is 17.1. The van der Waals surface area contributed by atoms with Gasteiger partial charge in [0.05, 0.1) is 23.4 Å². The molecule has 1 aromatic heterocycles. The minimum atomic E-state index is -4.84. The Kier molecular flexibility index (Phi) is 6.64. The van der Waals surface area contributed by atoms with Crippen molar-refractivity contribution in [3.63, 3.8) is 0 Å². The summed E-state index contributed by atoms with van der Waals surface area (Å²) in [6.07, 6.45) is -4.84. The number of carbonyl (C=O) groups is 1. The van der Waals surface area contributed by atoms with E-state index in [1.165, 1.54) is 31.4 Å². The van der Waals surface area contributed by atoms with E-state index >= 15 is 0 Å². The predicted octanol–water partition coefficient (Wildman–Crippen LogP) is 5.32. The van der Waals surface area contributed by atoms with Crippen LogP contribution in [-0.4, -0.2) is 18.0 Å². The first-order valence-electron chi connectivity index (χ1n) is 9.30. The summed E-state index contributed by atoms with van der Waals surface area (Å²) in [5, 5.41) is 2.64. The van der Waals surface area contributed by atoms with Gasteiger partial charge in [-0.2, -0.15) is 13.2 Å². The number of nitrogen functional groups attached to an aromatic ring is 1. The van der Waals surface area contributed by atoms with Gasteiger partial charge in [-0.3, -0.25) is 4.79 Å². The lowest BCUT2D eigenvalue weighted by Gasteiger charge is -2.13. The maximum absolute atomic E-state index is 14.1. The molecule has 168 valence electrons. The quantitative estimate of drug-likeness (QED) is 0.498. The number of aryl methyl sites for hydroxylation is 1. The van der Waals surface area contributed by atoms with Gasteiger partial charge in [-0.05, 0) is 55.0 Å². The number of hydrogen-bond donors (Lipinski definition) is 2. The molecule has 0 spiro atoms. The molecule has 1 heterocycles. The van der Waals surface area contributed by atoms with Crippen molar-refractivity contribution in [3.8, 4) is 11.5 Å². The van der Waals surface area contributed by atoms with Crippen LogP contribution in [0.2, 0.25) is 0 Å². The van der Waals surface area contributed by atoms with Crippen molar-refractivity contribution < 1.29 is 31.8 Å². The Morgan fingerprint density at radius 1 is 1.16 bits per heavy atom. The van der Waals surface area contributed by atoms with E-state index in [0.29, 0.717) is 17.4 Å². The highest BCUT2D eigenvalue weighted by atomic mass is 19.4. The highest BCUT2D eigenvalue weighted by Gasteiger charge is 2.35. The summed E-state index contributed by atoms with van der Waals surface area (Å²) in [5.74, 6) is -2.45. The number of aromatic nitrogens is 1. The summed E-state index contributed by atoms with van der Waals surface area (Å²) in [6.45, 7) is 2.03. The molecule has 0 radical (unpaired) electrons. The Bertz CT molecular complexity index is 1130. The number of amides is 1. The number of pyridine rings is 1. The number of nitrogens with two attached hydrogens (primary N) is 1. The fraction of sp³-hybridized carbons (Fsp3) is 0.182. The molecule has 0 saturated carbocycles. The van der Waals surface area contributed by atoms with Crippen molar-refractivity contribution in [2.24, 2.45) is 0 Å². The Balaban J connectivity index is 1.73. The molecule has 0 atom stereocenters. The normalized spacial score (nSPS) is 11.3. The third-order valence-corrected chi connectivity index (χ3v) is 4.48. The lowest BCUT2D eigenvalue weighted by Crippen LogP contribution is -2.16. The molecular weight excluding hydrogens is 430 g/mol. The molecule has 0 saturated heterocycles. The van der Waals surface area contributed by atoms with E-state index in [2.05, 4.69) is 10.3 Å². The van der Waals surface area contributed by atoms with Gasteiger partial charge in [-0.25, -0.2) is 9.37 Å². The first-order valence-corrected chi connectivity index (χ1v) is 9.30. The molecule has 10 heteroatoms. The molecule has 0 aliphatic heterocycles. The Morgan fingerprint density at radius 3 is 2.47 bits per heavy atom. The SMILES string of the molecule is COCc1nc(N)c(C(=O)Nc2ccc(Oc3cccc(C(F)(F)F)c3F)cc2)cc1C. The van der Waals surface area contributed by atoms with E-state index in [9.17, 15) is 22.4 Å². The maximum atomic E-state index is 14.1. The van der Waals surface area contributed by atoms with Crippen LogP contribution in [0.15, 0.2) is 48.5 Å². The van der Waals surface area contributed by atoms with E-state index in [1.807, 2.05) is 0 Å². The molecule has 3 N–H and O–H groups in total. The predicted molar refractivity (Wildman–Crippen MR) is 110 cm³/mol.